The van der Waals surface area contributed by atoms with Crippen molar-refractivity contribution in [1.82, 2.24) is 10.2 Å². The molecule has 1 aliphatic carbocycles. The number of carbonyl (C=O) groups excluding carboxylic acids is 1. The fourth-order valence-electron chi connectivity index (χ4n) is 1.85. The Morgan fingerprint density at radius 2 is 2.25 bits per heavy atom. The van der Waals surface area contributed by atoms with E-state index in [-0.39, 0.29) is 5.91 Å². The van der Waals surface area contributed by atoms with Crippen LogP contribution >= 0.6 is 0 Å². The van der Waals surface area contributed by atoms with Gasteiger partial charge in [-0.25, -0.2) is 0 Å². The molecule has 3 heteroatoms. The summed E-state index contributed by atoms with van der Waals surface area (Å²) in [6.07, 6.45) is 7.80. The first-order chi connectivity index (χ1) is 7.72. The van der Waals surface area contributed by atoms with Crippen LogP contribution in [0.3, 0.4) is 0 Å². The van der Waals surface area contributed by atoms with Crippen molar-refractivity contribution in [2.75, 3.05) is 26.2 Å². The second-order valence-electron chi connectivity index (χ2n) is 4.67. The number of terminal acetylenes is 1. The smallest absolute Gasteiger partial charge is 0.250 e. The minimum atomic E-state index is 0.126. The summed E-state index contributed by atoms with van der Waals surface area (Å²) >= 11 is 0. The molecule has 1 amide bonds. The van der Waals surface area contributed by atoms with Crippen LogP contribution in [0.2, 0.25) is 0 Å². The summed E-state index contributed by atoms with van der Waals surface area (Å²) in [4.78, 5) is 14.0. The van der Waals surface area contributed by atoms with Gasteiger partial charge in [0.05, 0.1) is 6.54 Å². The van der Waals surface area contributed by atoms with Gasteiger partial charge >= 0.3 is 0 Å². The highest BCUT2D eigenvalue weighted by Crippen LogP contribution is 2.30. The lowest BCUT2D eigenvalue weighted by molar-refractivity contribution is -0.126. The molecule has 2 fully saturated rings. The summed E-state index contributed by atoms with van der Waals surface area (Å²) in [7, 11) is 0. The van der Waals surface area contributed by atoms with Gasteiger partial charge < -0.3 is 10.2 Å². The van der Waals surface area contributed by atoms with Gasteiger partial charge in [0.15, 0.2) is 0 Å². The van der Waals surface area contributed by atoms with E-state index in [4.69, 9.17) is 6.42 Å². The number of nitrogens with one attached hydrogen (secondary N) is 1. The van der Waals surface area contributed by atoms with E-state index < -0.39 is 0 Å². The maximum Gasteiger partial charge on any atom is 0.250 e. The van der Waals surface area contributed by atoms with Crippen LogP contribution in [0, 0.1) is 18.3 Å². The second kappa shape index (κ2) is 4.71. The molecule has 2 aliphatic rings. The molecule has 1 aliphatic heterocycles. The molecule has 0 bridgehead atoms. The van der Waals surface area contributed by atoms with Crippen molar-refractivity contribution in [2.45, 2.75) is 19.8 Å². The van der Waals surface area contributed by atoms with E-state index >= 15 is 0 Å². The molecule has 0 aromatic rings. The first kappa shape index (κ1) is 11.2. The second-order valence-corrected chi connectivity index (χ2v) is 4.67. The van der Waals surface area contributed by atoms with Crippen molar-refractivity contribution in [3.8, 4) is 12.3 Å². The molecule has 0 spiro atoms. The number of amides is 1. The summed E-state index contributed by atoms with van der Waals surface area (Å²) in [6.45, 7) is 4.89. The Kier molecular flexibility index (Phi) is 3.31. The lowest BCUT2D eigenvalue weighted by Gasteiger charge is -2.26. The average molecular weight is 218 g/mol. The molecule has 0 radical (unpaired) electrons. The molecule has 1 saturated carbocycles. The molecule has 2 rings (SSSR count). The van der Waals surface area contributed by atoms with Gasteiger partial charge in [-0.05, 0) is 31.3 Å². The van der Waals surface area contributed by atoms with Crippen LogP contribution in [0.1, 0.15) is 19.8 Å². The van der Waals surface area contributed by atoms with Crippen molar-refractivity contribution in [1.29, 1.82) is 0 Å². The van der Waals surface area contributed by atoms with Crippen LogP contribution in [-0.4, -0.2) is 37.0 Å². The Morgan fingerprint density at radius 3 is 2.69 bits per heavy atom. The first-order valence-corrected chi connectivity index (χ1v) is 5.84. The predicted octanol–water partition coefficient (Wildman–Crippen LogP) is 0.778. The zero-order valence-electron chi connectivity index (χ0n) is 9.75. The van der Waals surface area contributed by atoms with Gasteiger partial charge in [-0.3, -0.25) is 4.79 Å². The van der Waals surface area contributed by atoms with Crippen molar-refractivity contribution < 1.29 is 4.79 Å². The first-order valence-electron chi connectivity index (χ1n) is 5.84. The van der Waals surface area contributed by atoms with E-state index in [2.05, 4.69) is 11.2 Å². The van der Waals surface area contributed by atoms with Crippen LogP contribution in [0.15, 0.2) is 11.1 Å². The minimum Gasteiger partial charge on any atom is -0.328 e. The van der Waals surface area contributed by atoms with Gasteiger partial charge in [-0.1, -0.05) is 5.92 Å². The monoisotopic (exact) mass is 218 g/mol. The Balaban J connectivity index is 2.00. The largest absolute Gasteiger partial charge is 0.328 e. The van der Waals surface area contributed by atoms with E-state index in [9.17, 15) is 4.79 Å². The maximum absolute atomic E-state index is 12.2. The summed E-state index contributed by atoms with van der Waals surface area (Å²) in [6, 6.07) is 0. The lowest BCUT2D eigenvalue weighted by Crippen LogP contribution is -2.40. The summed E-state index contributed by atoms with van der Waals surface area (Å²) < 4.78 is 0. The predicted molar refractivity (Wildman–Crippen MR) is 63.7 cm³/mol. The van der Waals surface area contributed by atoms with E-state index in [0.29, 0.717) is 12.5 Å². The highest BCUT2D eigenvalue weighted by Gasteiger charge is 2.28. The highest BCUT2D eigenvalue weighted by molar-refractivity contribution is 5.94. The standard InChI is InChI=1S/C13H18N2O/c1-3-6-15(9-11-4-5-11)13(16)10(2)12-7-14-8-12/h1,11,14H,4-9H2,2H3. The molecule has 0 aromatic heterocycles. The number of nitrogens with zero attached hydrogens (tertiary/aromatic N) is 1. The molecule has 0 unspecified atom stereocenters. The molecular formula is C13H18N2O. The number of hydrogen-bond donors (Lipinski definition) is 1. The lowest BCUT2D eigenvalue weighted by atomic mass is 10.0. The van der Waals surface area contributed by atoms with Crippen molar-refractivity contribution >= 4 is 5.91 Å². The molecule has 0 atom stereocenters. The quantitative estimate of drug-likeness (QED) is 0.558. The van der Waals surface area contributed by atoms with Gasteiger partial charge in [0, 0.05) is 25.2 Å². The minimum absolute atomic E-state index is 0.126. The van der Waals surface area contributed by atoms with E-state index in [1.54, 1.807) is 0 Å². The third-order valence-electron chi connectivity index (χ3n) is 3.27. The zero-order valence-corrected chi connectivity index (χ0v) is 9.75. The molecule has 0 aromatic carbocycles. The van der Waals surface area contributed by atoms with Gasteiger partial charge in [0.25, 0.3) is 0 Å². The Bertz CT molecular complexity index is 355. The van der Waals surface area contributed by atoms with E-state index in [1.807, 2.05) is 11.8 Å². The normalized spacial score (nSPS) is 18.6. The molecule has 1 N–H and O–H groups in total. The average Bonchev–Trinajstić information content (AvgIpc) is 2.97. The summed E-state index contributed by atoms with van der Waals surface area (Å²) in [5.41, 5.74) is 2.11. The molecule has 16 heavy (non-hydrogen) atoms. The third-order valence-corrected chi connectivity index (χ3v) is 3.27. The van der Waals surface area contributed by atoms with Gasteiger partial charge in [-0.15, -0.1) is 6.42 Å². The third kappa shape index (κ3) is 2.45. The molecule has 1 heterocycles. The number of hydrogen-bond acceptors (Lipinski definition) is 2. The summed E-state index contributed by atoms with van der Waals surface area (Å²) in [5, 5.41) is 3.15. The zero-order chi connectivity index (χ0) is 11.5. The fraction of sp³-hybridized carbons (Fsp3) is 0.615. The number of carbonyl (C=O) groups is 1. The number of rotatable bonds is 4. The van der Waals surface area contributed by atoms with E-state index in [1.165, 1.54) is 18.4 Å². The van der Waals surface area contributed by atoms with Crippen molar-refractivity contribution in [3.05, 3.63) is 11.1 Å². The van der Waals surface area contributed by atoms with Crippen molar-refractivity contribution in [2.24, 2.45) is 5.92 Å². The van der Waals surface area contributed by atoms with Gasteiger partial charge in [-0.2, -0.15) is 0 Å². The molecule has 86 valence electrons. The van der Waals surface area contributed by atoms with Crippen LogP contribution < -0.4 is 5.32 Å². The highest BCUT2D eigenvalue weighted by atomic mass is 16.2. The molecule has 1 saturated heterocycles. The summed E-state index contributed by atoms with van der Waals surface area (Å²) in [5.74, 6) is 3.39. The van der Waals surface area contributed by atoms with Crippen LogP contribution in [0.5, 0.6) is 0 Å². The Morgan fingerprint density at radius 1 is 1.56 bits per heavy atom. The fourth-order valence-corrected chi connectivity index (χ4v) is 1.85. The Labute approximate surface area is 96.9 Å². The topological polar surface area (TPSA) is 32.3 Å². The van der Waals surface area contributed by atoms with Crippen molar-refractivity contribution in [3.63, 3.8) is 0 Å². The SMILES string of the molecule is C#CCN(CC1CC1)C(=O)C(C)=C1CNC1. The van der Waals surface area contributed by atoms with Crippen LogP contribution in [0.4, 0.5) is 0 Å². The van der Waals surface area contributed by atoms with Crippen LogP contribution in [0.25, 0.3) is 0 Å². The maximum atomic E-state index is 12.2. The van der Waals surface area contributed by atoms with Gasteiger partial charge in [0.1, 0.15) is 0 Å². The van der Waals surface area contributed by atoms with Crippen LogP contribution in [-0.2, 0) is 4.79 Å². The van der Waals surface area contributed by atoms with Gasteiger partial charge in [0.2, 0.25) is 5.91 Å². The van der Waals surface area contributed by atoms with E-state index in [0.717, 1.165) is 25.2 Å². The Hall–Kier alpha value is -1.27. The molecule has 3 nitrogen and oxygen atoms in total. The molecular weight excluding hydrogens is 200 g/mol.